The number of methoxy groups -OCH3 is 1. The predicted octanol–water partition coefficient (Wildman–Crippen LogP) is 1.28. The topological polar surface area (TPSA) is 73.9 Å². The van der Waals surface area contributed by atoms with Crippen molar-refractivity contribution >= 4 is 24.7 Å². The summed E-state index contributed by atoms with van der Waals surface area (Å²) in [7, 11) is 1.30. The van der Waals surface area contributed by atoms with E-state index in [2.05, 4.69) is 22.3 Å². The Balaban J connectivity index is 2.50. The smallest absolute Gasteiger partial charge is 0.343 e. The van der Waals surface area contributed by atoms with Crippen LogP contribution in [0.25, 0.3) is 0 Å². The molecule has 0 saturated carbocycles. The van der Waals surface area contributed by atoms with Gasteiger partial charge < -0.3 is 18.9 Å². The van der Waals surface area contributed by atoms with E-state index >= 15 is 0 Å². The molecule has 0 aliphatic carbocycles. The van der Waals surface area contributed by atoms with Gasteiger partial charge in [-0.25, -0.2) is 4.79 Å². The summed E-state index contributed by atoms with van der Waals surface area (Å²) in [4.78, 5) is 22.0. The quantitative estimate of drug-likeness (QED) is 0.586. The molecule has 0 aliphatic rings. The fourth-order valence-corrected chi connectivity index (χ4v) is 1.50. The fraction of sp³-hybridized carbons (Fsp3) is 0.385. The lowest BCUT2D eigenvalue weighted by Crippen LogP contribution is -2.15. The lowest BCUT2D eigenvalue weighted by Gasteiger charge is -2.10. The van der Waals surface area contributed by atoms with Gasteiger partial charge in [0.2, 0.25) is 5.91 Å². The lowest BCUT2D eigenvalue weighted by atomic mass is 10.2. The second-order valence-electron chi connectivity index (χ2n) is 3.93. The van der Waals surface area contributed by atoms with Gasteiger partial charge >= 0.3 is 5.97 Å². The highest BCUT2D eigenvalue weighted by Crippen LogP contribution is 2.23. The van der Waals surface area contributed by atoms with Crippen LogP contribution in [0.3, 0.4) is 0 Å². The third-order valence-electron chi connectivity index (χ3n) is 2.44. The van der Waals surface area contributed by atoms with E-state index in [0.29, 0.717) is 11.5 Å². The van der Waals surface area contributed by atoms with Crippen LogP contribution in [0, 0.1) is 6.92 Å². The maximum atomic E-state index is 11.0. The monoisotopic (exact) mass is 299 g/mol. The molecule has 0 atom stereocenters. The van der Waals surface area contributed by atoms with Crippen molar-refractivity contribution in [3.05, 3.63) is 23.8 Å². The Labute approximate surface area is 122 Å². The Hall–Kier alpha value is -1.89. The molecule has 1 aromatic carbocycles. The van der Waals surface area contributed by atoms with Gasteiger partial charge in [0.05, 0.1) is 20.1 Å². The number of amides is 1. The van der Waals surface area contributed by atoms with Gasteiger partial charge in [-0.15, -0.1) is 0 Å². The number of ether oxygens (including phenoxy) is 3. The number of hydrogen-bond acceptors (Lipinski definition) is 6. The van der Waals surface area contributed by atoms with E-state index in [9.17, 15) is 9.59 Å². The van der Waals surface area contributed by atoms with Crippen LogP contribution in [0.1, 0.15) is 12.0 Å². The van der Waals surface area contributed by atoms with Crippen LogP contribution in [-0.2, 0) is 14.3 Å². The Morgan fingerprint density at radius 3 is 2.65 bits per heavy atom. The van der Waals surface area contributed by atoms with Gasteiger partial charge in [-0.3, -0.25) is 4.79 Å². The van der Waals surface area contributed by atoms with E-state index in [1.54, 1.807) is 18.2 Å². The number of carbonyl (C=O) groups excluding carboxylic acids is 2. The standard InChI is InChI=1S/C13H17NO5S/c1-9-7-10(18-6-5-12(15)14-20)3-4-11(9)19-8-13(16)17-2/h3-4,7,20H,5-6,8H2,1-2H3,(H,14,15). The number of hydrogen-bond donors (Lipinski definition) is 2. The molecule has 1 aromatic rings. The summed E-state index contributed by atoms with van der Waals surface area (Å²) in [5, 5.41) is 0. The molecule has 0 radical (unpaired) electrons. The van der Waals surface area contributed by atoms with Crippen LogP contribution in [0.5, 0.6) is 11.5 Å². The largest absolute Gasteiger partial charge is 0.493 e. The highest BCUT2D eigenvalue weighted by atomic mass is 32.1. The molecule has 20 heavy (non-hydrogen) atoms. The molecule has 1 N–H and O–H groups in total. The Bertz CT molecular complexity index is 478. The predicted molar refractivity (Wildman–Crippen MR) is 75.9 cm³/mol. The van der Waals surface area contributed by atoms with Gasteiger partial charge in [0.25, 0.3) is 0 Å². The van der Waals surface area contributed by atoms with Crippen LogP contribution in [-0.4, -0.2) is 32.2 Å². The summed E-state index contributed by atoms with van der Waals surface area (Å²) in [5.74, 6) is 0.557. The Kier molecular flexibility index (Phi) is 6.72. The van der Waals surface area contributed by atoms with Crippen molar-refractivity contribution in [2.24, 2.45) is 0 Å². The first kappa shape index (κ1) is 16.2. The summed E-state index contributed by atoms with van der Waals surface area (Å²) in [5.41, 5.74) is 0.824. The van der Waals surface area contributed by atoms with E-state index in [-0.39, 0.29) is 25.5 Å². The average Bonchev–Trinajstić information content (AvgIpc) is 2.45. The van der Waals surface area contributed by atoms with E-state index < -0.39 is 5.97 Å². The van der Waals surface area contributed by atoms with Crippen LogP contribution < -0.4 is 14.2 Å². The molecule has 7 heteroatoms. The maximum Gasteiger partial charge on any atom is 0.343 e. The molecule has 0 bridgehead atoms. The zero-order valence-electron chi connectivity index (χ0n) is 11.3. The molecule has 0 fully saturated rings. The zero-order valence-corrected chi connectivity index (χ0v) is 12.2. The lowest BCUT2D eigenvalue weighted by molar-refractivity contribution is -0.142. The van der Waals surface area contributed by atoms with Crippen molar-refractivity contribution in [1.29, 1.82) is 0 Å². The van der Waals surface area contributed by atoms with E-state index in [1.165, 1.54) is 7.11 Å². The van der Waals surface area contributed by atoms with Gasteiger partial charge in [0, 0.05) is 0 Å². The molecular weight excluding hydrogens is 282 g/mol. The number of rotatable bonds is 7. The molecule has 1 rings (SSSR count). The average molecular weight is 299 g/mol. The Morgan fingerprint density at radius 1 is 1.30 bits per heavy atom. The summed E-state index contributed by atoms with van der Waals surface area (Å²) < 4.78 is 17.4. The van der Waals surface area contributed by atoms with E-state index in [1.807, 2.05) is 6.92 Å². The van der Waals surface area contributed by atoms with Crippen molar-refractivity contribution in [1.82, 2.24) is 4.72 Å². The second-order valence-corrected chi connectivity index (χ2v) is 4.15. The SMILES string of the molecule is COC(=O)COc1ccc(OCCC(=O)NS)cc1C. The maximum absolute atomic E-state index is 11.0. The van der Waals surface area contributed by atoms with Gasteiger partial charge in [-0.1, -0.05) is 12.8 Å². The fourth-order valence-electron chi connectivity index (χ4n) is 1.39. The minimum atomic E-state index is -0.442. The third kappa shape index (κ3) is 5.40. The number of benzene rings is 1. The highest BCUT2D eigenvalue weighted by Gasteiger charge is 2.06. The number of aryl methyl sites for hydroxylation is 1. The zero-order chi connectivity index (χ0) is 15.0. The third-order valence-corrected chi connectivity index (χ3v) is 2.69. The minimum absolute atomic E-state index is 0.139. The van der Waals surface area contributed by atoms with Gasteiger partial charge in [0.1, 0.15) is 11.5 Å². The molecule has 0 unspecified atom stereocenters. The molecule has 110 valence electrons. The molecule has 0 saturated heterocycles. The molecule has 0 aromatic heterocycles. The first-order chi connectivity index (χ1) is 9.56. The second kappa shape index (κ2) is 8.31. The molecule has 6 nitrogen and oxygen atoms in total. The van der Waals surface area contributed by atoms with Crippen LogP contribution in [0.2, 0.25) is 0 Å². The molecule has 0 spiro atoms. The van der Waals surface area contributed by atoms with E-state index in [0.717, 1.165) is 5.56 Å². The van der Waals surface area contributed by atoms with Crippen molar-refractivity contribution in [2.45, 2.75) is 13.3 Å². The van der Waals surface area contributed by atoms with Crippen molar-refractivity contribution < 1.29 is 23.8 Å². The van der Waals surface area contributed by atoms with Gasteiger partial charge in [-0.05, 0) is 30.7 Å². The summed E-state index contributed by atoms with van der Waals surface area (Å²) in [6.45, 7) is 1.95. The number of esters is 1. The highest BCUT2D eigenvalue weighted by molar-refractivity contribution is 7.78. The number of carbonyl (C=O) groups is 2. The summed E-state index contributed by atoms with van der Waals surface area (Å²) >= 11 is 3.64. The molecular formula is C13H17NO5S. The van der Waals surface area contributed by atoms with Crippen molar-refractivity contribution in [3.8, 4) is 11.5 Å². The van der Waals surface area contributed by atoms with Crippen LogP contribution in [0.15, 0.2) is 18.2 Å². The van der Waals surface area contributed by atoms with Gasteiger partial charge in [-0.2, -0.15) is 0 Å². The number of nitrogens with one attached hydrogen (secondary N) is 1. The van der Waals surface area contributed by atoms with Gasteiger partial charge in [0.15, 0.2) is 6.61 Å². The molecule has 1 amide bonds. The minimum Gasteiger partial charge on any atom is -0.493 e. The van der Waals surface area contributed by atoms with E-state index in [4.69, 9.17) is 9.47 Å². The van der Waals surface area contributed by atoms with Crippen LogP contribution in [0.4, 0.5) is 0 Å². The summed E-state index contributed by atoms with van der Waals surface area (Å²) in [6.07, 6.45) is 0.225. The van der Waals surface area contributed by atoms with Crippen LogP contribution >= 0.6 is 12.8 Å². The van der Waals surface area contributed by atoms with Crippen molar-refractivity contribution in [3.63, 3.8) is 0 Å². The molecule has 0 heterocycles. The summed E-state index contributed by atoms with van der Waals surface area (Å²) in [6, 6.07) is 5.18. The Morgan fingerprint density at radius 2 is 2.05 bits per heavy atom. The molecule has 0 aliphatic heterocycles. The first-order valence-electron chi connectivity index (χ1n) is 5.92. The normalized spacial score (nSPS) is 9.75. The van der Waals surface area contributed by atoms with Crippen molar-refractivity contribution in [2.75, 3.05) is 20.3 Å². The number of thiol groups is 1. The first-order valence-corrected chi connectivity index (χ1v) is 6.37.